The van der Waals surface area contributed by atoms with E-state index in [0.29, 0.717) is 12.1 Å². The number of likely N-dealkylation sites (N-methyl/N-ethyl adjacent to an activating group) is 1. The molecule has 2 rings (SSSR count). The molecule has 6 heteroatoms. The molecule has 1 saturated heterocycles. The van der Waals surface area contributed by atoms with Crippen molar-refractivity contribution in [1.29, 1.82) is 0 Å². The summed E-state index contributed by atoms with van der Waals surface area (Å²) in [6.07, 6.45) is 1.67. The number of carboxylic acids is 1. The molecule has 1 aromatic carbocycles. The molecule has 4 nitrogen and oxygen atoms in total. The monoisotopic (exact) mass is 298 g/mol. The second-order valence-electron chi connectivity index (χ2n) is 5.55. The van der Waals surface area contributed by atoms with E-state index in [1.54, 1.807) is 7.05 Å². The van der Waals surface area contributed by atoms with Crippen molar-refractivity contribution in [2.24, 2.45) is 0 Å². The first-order chi connectivity index (χ1) is 9.95. The number of hydrogen-bond acceptors (Lipinski definition) is 3. The summed E-state index contributed by atoms with van der Waals surface area (Å²) in [5.41, 5.74) is 0.368. The maximum absolute atomic E-state index is 13.6. The van der Waals surface area contributed by atoms with Gasteiger partial charge in [-0.1, -0.05) is 0 Å². The lowest BCUT2D eigenvalue weighted by atomic mass is 10.0. The molecule has 116 valence electrons. The number of rotatable bonds is 5. The molecule has 0 radical (unpaired) electrons. The third-order valence-corrected chi connectivity index (χ3v) is 3.97. The van der Waals surface area contributed by atoms with Crippen molar-refractivity contribution in [2.45, 2.75) is 25.4 Å². The molecule has 0 unspecified atom stereocenters. The van der Waals surface area contributed by atoms with Gasteiger partial charge in [-0.25, -0.2) is 8.78 Å². The van der Waals surface area contributed by atoms with Gasteiger partial charge in [0.05, 0.1) is 6.54 Å². The summed E-state index contributed by atoms with van der Waals surface area (Å²) in [6.45, 7) is 1.93. The highest BCUT2D eigenvalue weighted by Crippen LogP contribution is 2.19. The predicted octanol–water partition coefficient (Wildman–Crippen LogP) is 1.95. The van der Waals surface area contributed by atoms with Gasteiger partial charge in [0.25, 0.3) is 0 Å². The number of aliphatic carboxylic acids is 1. The third kappa shape index (κ3) is 4.47. The van der Waals surface area contributed by atoms with E-state index in [2.05, 4.69) is 4.90 Å². The minimum absolute atomic E-state index is 0.0309. The van der Waals surface area contributed by atoms with Gasteiger partial charge < -0.3 is 5.11 Å². The standard InChI is InChI=1S/C15H20F2N2O2/c1-18(10-15(20)21)13-4-6-19(7-5-13)9-11-8-12(16)2-3-14(11)17/h2-3,8,13H,4-7,9-10H2,1H3,(H,20,21). The van der Waals surface area contributed by atoms with Crippen molar-refractivity contribution in [1.82, 2.24) is 9.80 Å². The second-order valence-corrected chi connectivity index (χ2v) is 5.55. The summed E-state index contributed by atoms with van der Waals surface area (Å²) in [4.78, 5) is 14.6. The molecule has 1 heterocycles. The zero-order chi connectivity index (χ0) is 15.4. The van der Waals surface area contributed by atoms with Crippen LogP contribution in [-0.2, 0) is 11.3 Å². The Morgan fingerprint density at radius 3 is 2.67 bits per heavy atom. The quantitative estimate of drug-likeness (QED) is 0.902. The summed E-state index contributed by atoms with van der Waals surface area (Å²) < 4.78 is 26.7. The van der Waals surface area contributed by atoms with Crippen LogP contribution in [0.3, 0.4) is 0 Å². The number of likely N-dealkylation sites (tertiary alicyclic amines) is 1. The van der Waals surface area contributed by atoms with Crippen LogP contribution >= 0.6 is 0 Å². The number of hydrogen-bond donors (Lipinski definition) is 1. The van der Waals surface area contributed by atoms with Gasteiger partial charge in [-0.3, -0.25) is 14.6 Å². The van der Waals surface area contributed by atoms with Crippen LogP contribution in [0.25, 0.3) is 0 Å². The SMILES string of the molecule is CN(CC(=O)O)C1CCN(Cc2cc(F)ccc2F)CC1. The van der Waals surface area contributed by atoms with Crippen LogP contribution in [0, 0.1) is 11.6 Å². The number of benzene rings is 1. The van der Waals surface area contributed by atoms with Gasteiger partial charge in [0.15, 0.2) is 0 Å². The Labute approximate surface area is 123 Å². The van der Waals surface area contributed by atoms with Crippen LogP contribution in [0.2, 0.25) is 0 Å². The lowest BCUT2D eigenvalue weighted by Crippen LogP contribution is -2.44. The molecule has 1 N–H and O–H groups in total. The van der Waals surface area contributed by atoms with E-state index in [-0.39, 0.29) is 18.4 Å². The molecule has 0 amide bonds. The zero-order valence-corrected chi connectivity index (χ0v) is 12.1. The Morgan fingerprint density at radius 2 is 2.05 bits per heavy atom. The summed E-state index contributed by atoms with van der Waals surface area (Å²) in [7, 11) is 1.81. The normalized spacial score (nSPS) is 17.3. The average Bonchev–Trinajstić information content (AvgIpc) is 2.43. The number of carboxylic acid groups (broad SMARTS) is 1. The van der Waals surface area contributed by atoms with Crippen molar-refractivity contribution < 1.29 is 18.7 Å². The van der Waals surface area contributed by atoms with Crippen LogP contribution in [0.1, 0.15) is 18.4 Å². The van der Waals surface area contributed by atoms with E-state index >= 15 is 0 Å². The van der Waals surface area contributed by atoms with E-state index in [4.69, 9.17) is 5.11 Å². The fourth-order valence-electron chi connectivity index (χ4n) is 2.77. The van der Waals surface area contributed by atoms with Gasteiger partial charge in [0.2, 0.25) is 0 Å². The third-order valence-electron chi connectivity index (χ3n) is 3.97. The molecular formula is C15H20F2N2O2. The molecule has 0 spiro atoms. The smallest absolute Gasteiger partial charge is 0.317 e. The van der Waals surface area contributed by atoms with Gasteiger partial charge in [0, 0.05) is 18.2 Å². The van der Waals surface area contributed by atoms with Crippen molar-refractivity contribution in [3.63, 3.8) is 0 Å². The molecule has 0 aliphatic carbocycles. The molecule has 1 aromatic rings. The van der Waals surface area contributed by atoms with Gasteiger partial charge in [-0.2, -0.15) is 0 Å². The fraction of sp³-hybridized carbons (Fsp3) is 0.533. The molecular weight excluding hydrogens is 278 g/mol. The molecule has 0 aromatic heterocycles. The lowest BCUT2D eigenvalue weighted by Gasteiger charge is -2.36. The topological polar surface area (TPSA) is 43.8 Å². The van der Waals surface area contributed by atoms with E-state index in [1.165, 1.54) is 6.07 Å². The Bertz CT molecular complexity index is 502. The number of halogens is 2. The van der Waals surface area contributed by atoms with E-state index in [9.17, 15) is 13.6 Å². The van der Waals surface area contributed by atoms with E-state index < -0.39 is 11.8 Å². The van der Waals surface area contributed by atoms with Crippen LogP contribution in [0.5, 0.6) is 0 Å². The Kier molecular flexibility index (Phi) is 5.25. The Balaban J connectivity index is 1.86. The molecule has 0 saturated carbocycles. The number of piperidine rings is 1. The van der Waals surface area contributed by atoms with E-state index in [0.717, 1.165) is 38.1 Å². The van der Waals surface area contributed by atoms with Crippen molar-refractivity contribution in [3.8, 4) is 0 Å². The van der Waals surface area contributed by atoms with Gasteiger partial charge in [-0.05, 0) is 51.2 Å². The van der Waals surface area contributed by atoms with Crippen molar-refractivity contribution in [2.75, 3.05) is 26.7 Å². The fourth-order valence-corrected chi connectivity index (χ4v) is 2.77. The second kappa shape index (κ2) is 6.95. The van der Waals surface area contributed by atoms with Crippen molar-refractivity contribution >= 4 is 5.97 Å². The minimum atomic E-state index is -0.832. The van der Waals surface area contributed by atoms with Crippen LogP contribution in [0.4, 0.5) is 8.78 Å². The van der Waals surface area contributed by atoms with Gasteiger partial charge >= 0.3 is 5.97 Å². The summed E-state index contributed by atoms with van der Waals surface area (Å²) in [5, 5.41) is 8.79. The molecule has 0 bridgehead atoms. The molecule has 1 aliphatic rings. The van der Waals surface area contributed by atoms with Crippen molar-refractivity contribution in [3.05, 3.63) is 35.4 Å². The van der Waals surface area contributed by atoms with Gasteiger partial charge in [-0.15, -0.1) is 0 Å². The average molecular weight is 298 g/mol. The maximum Gasteiger partial charge on any atom is 0.317 e. The largest absolute Gasteiger partial charge is 0.480 e. The Hall–Kier alpha value is -1.53. The van der Waals surface area contributed by atoms with Crippen LogP contribution in [0.15, 0.2) is 18.2 Å². The summed E-state index contributed by atoms with van der Waals surface area (Å²) in [5.74, 6) is -1.65. The van der Waals surface area contributed by atoms with E-state index in [1.807, 2.05) is 4.90 Å². The molecule has 21 heavy (non-hydrogen) atoms. The summed E-state index contributed by atoms with van der Waals surface area (Å²) in [6, 6.07) is 3.73. The first-order valence-corrected chi connectivity index (χ1v) is 7.04. The number of nitrogens with zero attached hydrogens (tertiary/aromatic N) is 2. The highest BCUT2D eigenvalue weighted by Gasteiger charge is 2.24. The first-order valence-electron chi connectivity index (χ1n) is 7.04. The summed E-state index contributed by atoms with van der Waals surface area (Å²) >= 11 is 0. The highest BCUT2D eigenvalue weighted by atomic mass is 19.1. The lowest BCUT2D eigenvalue weighted by molar-refractivity contribution is -0.138. The van der Waals surface area contributed by atoms with Crippen LogP contribution in [-0.4, -0.2) is 53.6 Å². The molecule has 1 aliphatic heterocycles. The number of carbonyl (C=O) groups is 1. The van der Waals surface area contributed by atoms with Gasteiger partial charge in [0.1, 0.15) is 11.6 Å². The maximum atomic E-state index is 13.6. The predicted molar refractivity (Wildman–Crippen MR) is 74.9 cm³/mol. The minimum Gasteiger partial charge on any atom is -0.480 e. The highest BCUT2D eigenvalue weighted by molar-refractivity contribution is 5.69. The van der Waals surface area contributed by atoms with Crippen LogP contribution < -0.4 is 0 Å². The first kappa shape index (κ1) is 15.9. The molecule has 1 fully saturated rings. The Morgan fingerprint density at radius 1 is 1.38 bits per heavy atom. The molecule has 0 atom stereocenters. The zero-order valence-electron chi connectivity index (χ0n) is 12.1.